The van der Waals surface area contributed by atoms with Crippen LogP contribution < -0.4 is 5.32 Å². The van der Waals surface area contributed by atoms with Crippen LogP contribution in [-0.2, 0) is 6.18 Å². The van der Waals surface area contributed by atoms with Gasteiger partial charge in [-0.2, -0.15) is 18.3 Å². The number of fused-ring (bicyclic) bond motifs is 1. The molecule has 2 aromatic carbocycles. The number of aromatic nitrogens is 3. The number of amides is 1. The summed E-state index contributed by atoms with van der Waals surface area (Å²) in [6, 6.07) is 14.4. The minimum absolute atomic E-state index is 0.313. The number of carbonyl (C=O) groups excluding carboxylic acids is 1. The third kappa shape index (κ3) is 3.29. The monoisotopic (exact) mass is 370 g/mol. The number of halogens is 3. The van der Waals surface area contributed by atoms with Gasteiger partial charge in [0.25, 0.3) is 5.91 Å². The zero-order valence-corrected chi connectivity index (χ0v) is 13.8. The molecule has 5 nitrogen and oxygen atoms in total. The van der Waals surface area contributed by atoms with E-state index in [0.29, 0.717) is 16.9 Å². The zero-order chi connectivity index (χ0) is 19.0. The predicted octanol–water partition coefficient (Wildman–Crippen LogP) is 4.62. The Kier molecular flexibility index (Phi) is 3.95. The van der Waals surface area contributed by atoms with E-state index < -0.39 is 11.9 Å². The summed E-state index contributed by atoms with van der Waals surface area (Å²) in [5.41, 5.74) is 1.42. The molecule has 0 aliphatic rings. The molecule has 136 valence electrons. The summed E-state index contributed by atoms with van der Waals surface area (Å²) in [4.78, 5) is 15.5. The van der Waals surface area contributed by atoms with Crippen molar-refractivity contribution >= 4 is 22.5 Å². The van der Waals surface area contributed by atoms with E-state index in [1.54, 1.807) is 24.4 Å². The van der Waals surface area contributed by atoms with Crippen LogP contribution in [0.3, 0.4) is 0 Å². The molecule has 0 saturated heterocycles. The summed E-state index contributed by atoms with van der Waals surface area (Å²) >= 11 is 0. The number of nitrogens with zero attached hydrogens (tertiary/aromatic N) is 2. The summed E-state index contributed by atoms with van der Waals surface area (Å²) in [6.45, 7) is 0. The summed E-state index contributed by atoms with van der Waals surface area (Å²) < 4.78 is 39.1. The third-order valence-electron chi connectivity index (χ3n) is 4.12. The number of hydrogen-bond acceptors (Lipinski definition) is 2. The number of aromatic amines is 1. The number of carbonyl (C=O) groups is 1. The van der Waals surface area contributed by atoms with Gasteiger partial charge in [0.05, 0.1) is 11.4 Å². The molecule has 8 heteroatoms. The molecule has 0 aliphatic carbocycles. The average molecular weight is 370 g/mol. The number of alkyl halides is 3. The summed E-state index contributed by atoms with van der Waals surface area (Å²) in [5.74, 6) is -0.313. The van der Waals surface area contributed by atoms with E-state index in [0.717, 1.165) is 21.7 Å². The Labute approximate surface area is 151 Å². The van der Waals surface area contributed by atoms with Crippen molar-refractivity contribution in [1.82, 2.24) is 14.8 Å². The van der Waals surface area contributed by atoms with Gasteiger partial charge in [0.15, 0.2) is 5.69 Å². The first-order valence-electron chi connectivity index (χ1n) is 8.02. The molecule has 0 bridgehead atoms. The lowest BCUT2D eigenvalue weighted by atomic mass is 10.1. The van der Waals surface area contributed by atoms with Crippen LogP contribution >= 0.6 is 0 Å². The maximum Gasteiger partial charge on any atom is 0.435 e. The molecule has 0 aliphatic heterocycles. The zero-order valence-electron chi connectivity index (χ0n) is 13.8. The Morgan fingerprint density at radius 2 is 1.81 bits per heavy atom. The lowest BCUT2D eigenvalue weighted by Gasteiger charge is -2.08. The molecular weight excluding hydrogens is 357 g/mol. The second kappa shape index (κ2) is 6.31. The standard InChI is InChI=1S/C19H13F3N4O/c20-19(21,22)17-9-11-26(25-17)13-6-4-12(5-7-13)18(27)24-16-3-1-2-15-14(16)8-10-23-15/h1-11,23H,(H,24,27). The van der Waals surface area contributed by atoms with Crippen LogP contribution in [0.15, 0.2) is 67.0 Å². The SMILES string of the molecule is O=C(Nc1cccc2[nH]ccc12)c1ccc(-n2ccc(C(F)(F)F)n2)cc1. The van der Waals surface area contributed by atoms with Gasteiger partial charge in [-0.15, -0.1) is 0 Å². The minimum Gasteiger partial charge on any atom is -0.361 e. The van der Waals surface area contributed by atoms with Crippen molar-refractivity contribution in [3.63, 3.8) is 0 Å². The van der Waals surface area contributed by atoms with Crippen LogP contribution in [0.25, 0.3) is 16.6 Å². The van der Waals surface area contributed by atoms with Crippen LogP contribution in [0.4, 0.5) is 18.9 Å². The van der Waals surface area contributed by atoms with Gasteiger partial charge in [-0.1, -0.05) is 6.07 Å². The van der Waals surface area contributed by atoms with E-state index in [1.165, 1.54) is 18.3 Å². The number of anilines is 1. The highest BCUT2D eigenvalue weighted by Gasteiger charge is 2.33. The predicted molar refractivity (Wildman–Crippen MR) is 94.8 cm³/mol. The lowest BCUT2D eigenvalue weighted by molar-refractivity contribution is -0.141. The molecule has 0 radical (unpaired) electrons. The quantitative estimate of drug-likeness (QED) is 0.553. The maximum absolute atomic E-state index is 12.7. The highest BCUT2D eigenvalue weighted by molar-refractivity contribution is 6.08. The number of nitrogens with one attached hydrogen (secondary N) is 2. The number of H-pyrrole nitrogens is 1. The van der Waals surface area contributed by atoms with Gasteiger partial charge >= 0.3 is 6.18 Å². The minimum atomic E-state index is -4.50. The fourth-order valence-corrected chi connectivity index (χ4v) is 2.77. The molecule has 2 heterocycles. The fourth-order valence-electron chi connectivity index (χ4n) is 2.77. The first-order valence-corrected chi connectivity index (χ1v) is 8.02. The number of rotatable bonds is 3. The Balaban J connectivity index is 1.54. The Morgan fingerprint density at radius 3 is 2.52 bits per heavy atom. The molecule has 27 heavy (non-hydrogen) atoms. The van der Waals surface area contributed by atoms with Crippen molar-refractivity contribution in [2.75, 3.05) is 5.32 Å². The molecule has 4 rings (SSSR count). The molecule has 4 aromatic rings. The van der Waals surface area contributed by atoms with Gasteiger partial charge in [0.2, 0.25) is 0 Å². The van der Waals surface area contributed by atoms with Crippen molar-refractivity contribution < 1.29 is 18.0 Å². The molecule has 1 amide bonds. The lowest BCUT2D eigenvalue weighted by Crippen LogP contribution is -2.12. The van der Waals surface area contributed by atoms with Crippen molar-refractivity contribution in [1.29, 1.82) is 0 Å². The number of hydrogen-bond donors (Lipinski definition) is 2. The molecule has 0 unspecified atom stereocenters. The highest BCUT2D eigenvalue weighted by Crippen LogP contribution is 2.28. The van der Waals surface area contributed by atoms with Crippen LogP contribution in [0.2, 0.25) is 0 Å². The first kappa shape index (κ1) is 16.9. The van der Waals surface area contributed by atoms with Crippen molar-refractivity contribution in [2.45, 2.75) is 6.18 Å². The normalized spacial score (nSPS) is 11.7. The summed E-state index contributed by atoms with van der Waals surface area (Å²) in [7, 11) is 0. The topological polar surface area (TPSA) is 62.7 Å². The second-order valence-electron chi connectivity index (χ2n) is 5.89. The van der Waals surface area contributed by atoms with Crippen LogP contribution in [-0.4, -0.2) is 20.7 Å². The van der Waals surface area contributed by atoms with Crippen molar-refractivity contribution in [3.05, 3.63) is 78.2 Å². The Bertz CT molecular complexity index is 1110. The van der Waals surface area contributed by atoms with Gasteiger partial charge in [-0.3, -0.25) is 4.79 Å². The molecule has 0 saturated carbocycles. The van der Waals surface area contributed by atoms with Crippen LogP contribution in [0.1, 0.15) is 16.1 Å². The molecule has 2 aromatic heterocycles. The van der Waals surface area contributed by atoms with E-state index in [2.05, 4.69) is 15.4 Å². The molecule has 2 N–H and O–H groups in total. The highest BCUT2D eigenvalue weighted by atomic mass is 19.4. The Hall–Kier alpha value is -3.55. The molecule has 0 spiro atoms. The number of benzene rings is 2. The van der Waals surface area contributed by atoms with Gasteiger partial charge in [-0.05, 0) is 48.5 Å². The van der Waals surface area contributed by atoms with Crippen LogP contribution in [0, 0.1) is 0 Å². The van der Waals surface area contributed by atoms with Gasteiger partial charge in [0.1, 0.15) is 0 Å². The Morgan fingerprint density at radius 1 is 1.04 bits per heavy atom. The van der Waals surface area contributed by atoms with Gasteiger partial charge < -0.3 is 10.3 Å². The summed E-state index contributed by atoms with van der Waals surface area (Å²) in [5, 5.41) is 7.24. The van der Waals surface area contributed by atoms with E-state index in [-0.39, 0.29) is 5.91 Å². The van der Waals surface area contributed by atoms with Crippen molar-refractivity contribution in [3.8, 4) is 5.69 Å². The van der Waals surface area contributed by atoms with Crippen molar-refractivity contribution in [2.24, 2.45) is 0 Å². The third-order valence-corrected chi connectivity index (χ3v) is 4.12. The van der Waals surface area contributed by atoms with Crippen LogP contribution in [0.5, 0.6) is 0 Å². The second-order valence-corrected chi connectivity index (χ2v) is 5.89. The summed E-state index contributed by atoms with van der Waals surface area (Å²) in [6.07, 6.45) is -1.48. The van der Waals surface area contributed by atoms with E-state index in [1.807, 2.05) is 18.2 Å². The van der Waals surface area contributed by atoms with E-state index >= 15 is 0 Å². The van der Waals surface area contributed by atoms with E-state index in [4.69, 9.17) is 0 Å². The van der Waals surface area contributed by atoms with E-state index in [9.17, 15) is 18.0 Å². The molecular formula is C19H13F3N4O. The molecule has 0 atom stereocenters. The first-order chi connectivity index (χ1) is 12.9. The largest absolute Gasteiger partial charge is 0.435 e. The fraction of sp³-hybridized carbons (Fsp3) is 0.0526. The van der Waals surface area contributed by atoms with Gasteiger partial charge in [0, 0.05) is 28.9 Å². The van der Waals surface area contributed by atoms with Gasteiger partial charge in [-0.25, -0.2) is 4.68 Å². The smallest absolute Gasteiger partial charge is 0.361 e. The molecule has 0 fully saturated rings. The maximum atomic E-state index is 12.7. The average Bonchev–Trinajstić information content (AvgIpc) is 3.31.